The highest BCUT2D eigenvalue weighted by molar-refractivity contribution is 6.06. The number of H-pyrrole nitrogens is 1. The number of amides is 1. The number of hydrogen-bond donors (Lipinski definition) is 1. The minimum Gasteiger partial charge on any atom is -0.361 e. The summed E-state index contributed by atoms with van der Waals surface area (Å²) in [6.45, 7) is 0.620. The number of fused-ring (bicyclic) bond motifs is 2. The first-order valence-electron chi connectivity index (χ1n) is 9.43. The second-order valence-corrected chi connectivity index (χ2v) is 7.15. The van der Waals surface area contributed by atoms with Gasteiger partial charge in [-0.3, -0.25) is 4.79 Å². The molecule has 0 unspecified atom stereocenters. The van der Waals surface area contributed by atoms with Gasteiger partial charge in [-0.2, -0.15) is 0 Å². The maximum absolute atomic E-state index is 13.6. The summed E-state index contributed by atoms with van der Waals surface area (Å²) < 4.78 is 13.5. The van der Waals surface area contributed by atoms with Crippen LogP contribution in [0.1, 0.15) is 33.1 Å². The van der Waals surface area contributed by atoms with Crippen molar-refractivity contribution in [2.24, 2.45) is 0 Å². The molecule has 1 atom stereocenters. The molecule has 4 heteroatoms. The summed E-state index contributed by atoms with van der Waals surface area (Å²) in [5, 5.41) is 1.02. The predicted octanol–water partition coefficient (Wildman–Crippen LogP) is 5.09. The summed E-state index contributed by atoms with van der Waals surface area (Å²) in [7, 11) is 0. The van der Waals surface area contributed by atoms with Gasteiger partial charge in [-0.15, -0.1) is 0 Å². The van der Waals surface area contributed by atoms with Gasteiger partial charge < -0.3 is 9.88 Å². The summed E-state index contributed by atoms with van der Waals surface area (Å²) in [6.07, 6.45) is 2.66. The number of aromatic amines is 1. The Kier molecular flexibility index (Phi) is 3.97. The van der Waals surface area contributed by atoms with Gasteiger partial charge in [0.15, 0.2) is 0 Å². The van der Waals surface area contributed by atoms with E-state index in [9.17, 15) is 9.18 Å². The molecule has 3 nitrogen and oxygen atoms in total. The van der Waals surface area contributed by atoms with Gasteiger partial charge in [0.25, 0.3) is 5.91 Å². The fourth-order valence-corrected chi connectivity index (χ4v) is 4.21. The largest absolute Gasteiger partial charge is 0.361 e. The van der Waals surface area contributed by atoms with E-state index in [1.54, 1.807) is 12.1 Å². The summed E-state index contributed by atoms with van der Waals surface area (Å²) >= 11 is 0. The van der Waals surface area contributed by atoms with Gasteiger partial charge in [0.05, 0.1) is 17.1 Å². The van der Waals surface area contributed by atoms with Gasteiger partial charge in [-0.25, -0.2) is 4.39 Å². The van der Waals surface area contributed by atoms with E-state index in [0.717, 1.165) is 28.5 Å². The summed E-state index contributed by atoms with van der Waals surface area (Å²) in [4.78, 5) is 18.7. The fourth-order valence-electron chi connectivity index (χ4n) is 4.21. The minimum atomic E-state index is -0.276. The van der Waals surface area contributed by atoms with Crippen molar-refractivity contribution in [1.29, 1.82) is 0 Å². The van der Waals surface area contributed by atoms with Crippen molar-refractivity contribution < 1.29 is 9.18 Å². The number of aromatic nitrogens is 1. The molecule has 5 rings (SSSR count). The number of benzene rings is 3. The van der Waals surface area contributed by atoms with Crippen LogP contribution in [0.5, 0.6) is 0 Å². The highest BCUT2D eigenvalue weighted by Crippen LogP contribution is 2.36. The third-order valence-electron chi connectivity index (χ3n) is 5.55. The number of halogens is 1. The van der Waals surface area contributed by atoms with Gasteiger partial charge in [-0.1, -0.05) is 48.5 Å². The minimum absolute atomic E-state index is 0.0168. The van der Waals surface area contributed by atoms with Gasteiger partial charge in [0.1, 0.15) is 5.82 Å². The second-order valence-electron chi connectivity index (χ2n) is 7.15. The molecule has 0 aliphatic carbocycles. The lowest BCUT2D eigenvalue weighted by Gasteiger charge is -2.38. The smallest absolute Gasteiger partial charge is 0.256 e. The number of para-hydroxylation sites is 1. The Hall–Kier alpha value is -3.40. The van der Waals surface area contributed by atoms with E-state index in [2.05, 4.69) is 17.1 Å². The molecule has 0 fully saturated rings. The molecule has 0 saturated heterocycles. The highest BCUT2D eigenvalue weighted by atomic mass is 19.1. The fraction of sp³-hybridized carbons (Fsp3) is 0.125. The summed E-state index contributed by atoms with van der Waals surface area (Å²) in [5.41, 5.74) is 4.77. The third kappa shape index (κ3) is 2.69. The number of nitrogens with zero attached hydrogens (tertiary/aromatic N) is 1. The Balaban J connectivity index is 1.64. The molecule has 1 aliphatic heterocycles. The van der Waals surface area contributed by atoms with E-state index < -0.39 is 0 Å². The van der Waals surface area contributed by atoms with Gasteiger partial charge >= 0.3 is 0 Å². The topological polar surface area (TPSA) is 36.1 Å². The van der Waals surface area contributed by atoms with Crippen molar-refractivity contribution in [3.05, 3.63) is 107 Å². The molecule has 2 heterocycles. The van der Waals surface area contributed by atoms with Gasteiger partial charge in [-0.05, 0) is 47.4 Å². The van der Waals surface area contributed by atoms with Crippen LogP contribution in [-0.2, 0) is 6.42 Å². The van der Waals surface area contributed by atoms with Crippen LogP contribution >= 0.6 is 0 Å². The lowest BCUT2D eigenvalue weighted by atomic mass is 9.87. The molecule has 1 N–H and O–H groups in total. The number of hydrogen-bond acceptors (Lipinski definition) is 1. The second kappa shape index (κ2) is 6.64. The van der Waals surface area contributed by atoms with Crippen molar-refractivity contribution in [2.75, 3.05) is 6.54 Å². The van der Waals surface area contributed by atoms with Crippen LogP contribution in [-0.4, -0.2) is 22.3 Å². The predicted molar refractivity (Wildman–Crippen MR) is 108 cm³/mol. The van der Waals surface area contributed by atoms with Crippen LogP contribution in [0.3, 0.4) is 0 Å². The molecule has 0 radical (unpaired) electrons. The lowest BCUT2D eigenvalue weighted by molar-refractivity contribution is 0.0696. The lowest BCUT2D eigenvalue weighted by Crippen LogP contribution is -2.40. The van der Waals surface area contributed by atoms with Gasteiger partial charge in [0.2, 0.25) is 0 Å². The zero-order valence-electron chi connectivity index (χ0n) is 15.2. The van der Waals surface area contributed by atoms with Crippen molar-refractivity contribution >= 4 is 16.8 Å². The van der Waals surface area contributed by atoms with Crippen LogP contribution in [0, 0.1) is 5.82 Å². The monoisotopic (exact) mass is 370 g/mol. The molecule has 0 saturated carbocycles. The molecular weight excluding hydrogens is 351 g/mol. The average molecular weight is 370 g/mol. The summed E-state index contributed by atoms with van der Waals surface area (Å²) in [5.74, 6) is -0.293. The van der Waals surface area contributed by atoms with E-state index >= 15 is 0 Å². The van der Waals surface area contributed by atoms with Gasteiger partial charge in [0, 0.05) is 18.1 Å². The van der Waals surface area contributed by atoms with Crippen LogP contribution < -0.4 is 0 Å². The molecule has 3 aromatic carbocycles. The average Bonchev–Trinajstić information content (AvgIpc) is 3.22. The first-order chi connectivity index (χ1) is 13.7. The maximum Gasteiger partial charge on any atom is 0.256 e. The molecule has 0 spiro atoms. The molecule has 138 valence electrons. The number of carbonyl (C=O) groups is 1. The maximum atomic E-state index is 13.6. The molecule has 4 aromatic rings. The molecule has 1 aliphatic rings. The standard InChI is InChI=1S/C24H19FN2O/c25-19-10-8-18(9-11-19)23-20-6-2-1-4-16(20)13-15-27(23)24(28)21-7-3-5-17-12-14-26-22(17)21/h1-12,14,23,26H,13,15H2/t23-/m0/s1. The van der Waals surface area contributed by atoms with E-state index in [4.69, 9.17) is 0 Å². The highest BCUT2D eigenvalue weighted by Gasteiger charge is 2.33. The first kappa shape index (κ1) is 16.8. The quantitative estimate of drug-likeness (QED) is 0.524. The zero-order chi connectivity index (χ0) is 19.1. The van der Waals surface area contributed by atoms with E-state index in [0.29, 0.717) is 12.1 Å². The number of nitrogens with one attached hydrogen (secondary N) is 1. The van der Waals surface area contributed by atoms with E-state index in [-0.39, 0.29) is 17.8 Å². The zero-order valence-corrected chi connectivity index (χ0v) is 15.2. The molecule has 1 aromatic heterocycles. The molecular formula is C24H19FN2O. The van der Waals surface area contributed by atoms with Crippen molar-refractivity contribution in [2.45, 2.75) is 12.5 Å². The third-order valence-corrected chi connectivity index (χ3v) is 5.55. The van der Waals surface area contributed by atoms with E-state index in [1.165, 1.54) is 17.7 Å². The Morgan fingerprint density at radius 1 is 0.964 bits per heavy atom. The molecule has 28 heavy (non-hydrogen) atoms. The number of carbonyl (C=O) groups excluding carboxylic acids is 1. The van der Waals surface area contributed by atoms with Crippen LogP contribution in [0.4, 0.5) is 4.39 Å². The Morgan fingerprint density at radius 3 is 2.64 bits per heavy atom. The Labute approximate surface area is 162 Å². The van der Waals surface area contributed by atoms with Crippen LogP contribution in [0.25, 0.3) is 10.9 Å². The first-order valence-corrected chi connectivity index (χ1v) is 9.43. The number of rotatable bonds is 2. The summed E-state index contributed by atoms with van der Waals surface area (Å²) in [6, 6.07) is 22.2. The Bertz CT molecular complexity index is 1160. The van der Waals surface area contributed by atoms with E-state index in [1.807, 2.05) is 47.5 Å². The molecule has 0 bridgehead atoms. The van der Waals surface area contributed by atoms with Crippen LogP contribution in [0.2, 0.25) is 0 Å². The Morgan fingerprint density at radius 2 is 1.79 bits per heavy atom. The molecule has 1 amide bonds. The van der Waals surface area contributed by atoms with Crippen molar-refractivity contribution in [1.82, 2.24) is 9.88 Å². The van der Waals surface area contributed by atoms with Crippen LogP contribution in [0.15, 0.2) is 79.0 Å². The van der Waals surface area contributed by atoms with Crippen molar-refractivity contribution in [3.63, 3.8) is 0 Å². The SMILES string of the molecule is O=C(c1cccc2cc[nH]c12)N1CCc2ccccc2[C@@H]1c1ccc(F)cc1. The van der Waals surface area contributed by atoms with Crippen molar-refractivity contribution in [3.8, 4) is 0 Å². The normalized spacial score (nSPS) is 16.2.